The van der Waals surface area contributed by atoms with Crippen LogP contribution in [-0.2, 0) is 16.2 Å². The standard InChI is InChI=1S/C16H13F3N2O2S/c1-10-7-11(2)9-12(8-10)24(22,23)21-6-5-13-14(21)3-4-15(20-13)16(17,18)19/h3-9H,1-2H3. The molecule has 0 fully saturated rings. The number of benzene rings is 1. The van der Waals surface area contributed by atoms with Crippen molar-refractivity contribution in [3.63, 3.8) is 0 Å². The first-order valence-electron chi connectivity index (χ1n) is 6.98. The number of alkyl halides is 3. The number of fused-ring (bicyclic) bond motifs is 1. The smallest absolute Gasteiger partial charge is 0.242 e. The SMILES string of the molecule is Cc1cc(C)cc(S(=O)(=O)n2ccc3nc(C(F)(F)F)ccc32)c1. The van der Waals surface area contributed by atoms with Crippen LogP contribution in [0.15, 0.2) is 47.5 Å². The van der Waals surface area contributed by atoms with E-state index in [1.54, 1.807) is 13.8 Å². The number of pyridine rings is 1. The van der Waals surface area contributed by atoms with E-state index in [0.717, 1.165) is 27.2 Å². The van der Waals surface area contributed by atoms with E-state index in [0.29, 0.717) is 0 Å². The summed E-state index contributed by atoms with van der Waals surface area (Å²) in [6.07, 6.45) is -3.37. The molecule has 0 saturated carbocycles. The molecule has 4 nitrogen and oxygen atoms in total. The van der Waals surface area contributed by atoms with Crippen molar-refractivity contribution < 1.29 is 21.6 Å². The molecular formula is C16H13F3N2O2S. The highest BCUT2D eigenvalue weighted by molar-refractivity contribution is 7.90. The molecule has 24 heavy (non-hydrogen) atoms. The summed E-state index contributed by atoms with van der Waals surface area (Å²) in [6, 6.07) is 8.02. The van der Waals surface area contributed by atoms with Crippen molar-refractivity contribution in [3.8, 4) is 0 Å². The van der Waals surface area contributed by atoms with Crippen LogP contribution in [0.2, 0.25) is 0 Å². The number of hydrogen-bond acceptors (Lipinski definition) is 3. The van der Waals surface area contributed by atoms with Crippen LogP contribution in [0.1, 0.15) is 16.8 Å². The number of rotatable bonds is 2. The largest absolute Gasteiger partial charge is 0.433 e. The van der Waals surface area contributed by atoms with Gasteiger partial charge in [0.05, 0.1) is 15.9 Å². The van der Waals surface area contributed by atoms with Crippen molar-refractivity contribution in [1.82, 2.24) is 8.96 Å². The van der Waals surface area contributed by atoms with Gasteiger partial charge in [-0.2, -0.15) is 13.2 Å². The van der Waals surface area contributed by atoms with E-state index >= 15 is 0 Å². The quantitative estimate of drug-likeness (QED) is 0.701. The molecule has 3 rings (SSSR count). The Morgan fingerprint density at radius 1 is 1.00 bits per heavy atom. The van der Waals surface area contributed by atoms with Gasteiger partial charge in [0, 0.05) is 6.20 Å². The van der Waals surface area contributed by atoms with E-state index in [1.165, 1.54) is 24.4 Å². The number of aromatic nitrogens is 2. The molecule has 0 atom stereocenters. The molecular weight excluding hydrogens is 341 g/mol. The Bertz CT molecular complexity index is 1020. The Kier molecular flexibility index (Phi) is 3.67. The molecule has 0 bridgehead atoms. The molecule has 8 heteroatoms. The molecule has 0 radical (unpaired) electrons. The summed E-state index contributed by atoms with van der Waals surface area (Å²) in [6.45, 7) is 3.55. The maximum absolute atomic E-state index is 12.8. The zero-order chi connectivity index (χ0) is 17.7. The monoisotopic (exact) mass is 354 g/mol. The number of nitrogens with zero attached hydrogens (tertiary/aromatic N) is 2. The van der Waals surface area contributed by atoms with Crippen LogP contribution < -0.4 is 0 Å². The lowest BCUT2D eigenvalue weighted by Gasteiger charge is -2.10. The number of aryl methyl sites for hydroxylation is 2. The van der Waals surface area contributed by atoms with Crippen LogP contribution in [0.25, 0.3) is 11.0 Å². The predicted molar refractivity (Wildman–Crippen MR) is 83.2 cm³/mol. The van der Waals surface area contributed by atoms with Crippen molar-refractivity contribution in [2.24, 2.45) is 0 Å². The van der Waals surface area contributed by atoms with Crippen molar-refractivity contribution >= 4 is 21.1 Å². The number of halogens is 3. The normalized spacial score (nSPS) is 12.7. The van der Waals surface area contributed by atoms with Crippen LogP contribution >= 0.6 is 0 Å². The molecule has 0 spiro atoms. The summed E-state index contributed by atoms with van der Waals surface area (Å²) < 4.78 is 64.7. The van der Waals surface area contributed by atoms with Gasteiger partial charge in [0.25, 0.3) is 10.0 Å². The predicted octanol–water partition coefficient (Wildman–Crippen LogP) is 3.91. The molecule has 126 valence electrons. The maximum Gasteiger partial charge on any atom is 0.433 e. The van der Waals surface area contributed by atoms with E-state index in [4.69, 9.17) is 0 Å². The molecule has 2 heterocycles. The van der Waals surface area contributed by atoms with Gasteiger partial charge in [-0.05, 0) is 55.3 Å². The summed E-state index contributed by atoms with van der Waals surface area (Å²) in [5.74, 6) is 0. The van der Waals surface area contributed by atoms with Gasteiger partial charge in [-0.3, -0.25) is 0 Å². The molecule has 0 unspecified atom stereocenters. The summed E-state index contributed by atoms with van der Waals surface area (Å²) in [4.78, 5) is 3.58. The zero-order valence-electron chi connectivity index (χ0n) is 12.8. The summed E-state index contributed by atoms with van der Waals surface area (Å²) in [5.41, 5.74) is 0.571. The molecule has 3 aromatic rings. The van der Waals surface area contributed by atoms with Gasteiger partial charge in [0.1, 0.15) is 5.69 Å². The van der Waals surface area contributed by atoms with E-state index < -0.39 is 21.9 Å². The lowest BCUT2D eigenvalue weighted by Crippen LogP contribution is -2.13. The highest BCUT2D eigenvalue weighted by Crippen LogP contribution is 2.30. The fourth-order valence-corrected chi connectivity index (χ4v) is 4.09. The molecule has 1 aromatic carbocycles. The Labute approximate surface area is 136 Å². The fraction of sp³-hybridized carbons (Fsp3) is 0.188. The molecule has 0 aliphatic carbocycles. The Morgan fingerprint density at radius 3 is 2.21 bits per heavy atom. The Hall–Kier alpha value is -2.35. The second-order valence-electron chi connectivity index (χ2n) is 5.54. The first kappa shape index (κ1) is 16.5. The minimum absolute atomic E-state index is 0.0298. The zero-order valence-corrected chi connectivity index (χ0v) is 13.6. The van der Waals surface area contributed by atoms with E-state index in [2.05, 4.69) is 4.98 Å². The van der Waals surface area contributed by atoms with E-state index in [-0.39, 0.29) is 15.9 Å². The third-order valence-corrected chi connectivity index (χ3v) is 5.22. The summed E-state index contributed by atoms with van der Waals surface area (Å²) in [5, 5.41) is 0. The van der Waals surface area contributed by atoms with Crippen LogP contribution in [0.5, 0.6) is 0 Å². The van der Waals surface area contributed by atoms with Crippen LogP contribution in [0.4, 0.5) is 13.2 Å². The summed E-state index contributed by atoms with van der Waals surface area (Å²) in [7, 11) is -3.92. The van der Waals surface area contributed by atoms with Gasteiger partial charge in [0.2, 0.25) is 0 Å². The van der Waals surface area contributed by atoms with Gasteiger partial charge in [-0.15, -0.1) is 0 Å². The van der Waals surface area contributed by atoms with Crippen LogP contribution in [0.3, 0.4) is 0 Å². The van der Waals surface area contributed by atoms with E-state index in [1.807, 2.05) is 6.07 Å². The first-order chi connectivity index (χ1) is 11.1. The minimum Gasteiger partial charge on any atom is -0.242 e. The van der Waals surface area contributed by atoms with Gasteiger partial charge in [-0.1, -0.05) is 6.07 Å². The molecule has 0 amide bonds. The Balaban J connectivity index is 2.18. The van der Waals surface area contributed by atoms with Crippen LogP contribution in [0, 0.1) is 13.8 Å². The highest BCUT2D eigenvalue weighted by Gasteiger charge is 2.33. The first-order valence-corrected chi connectivity index (χ1v) is 8.42. The lowest BCUT2D eigenvalue weighted by molar-refractivity contribution is -0.140. The second-order valence-corrected chi connectivity index (χ2v) is 7.35. The molecule has 0 N–H and O–H groups in total. The molecule has 2 aromatic heterocycles. The Morgan fingerprint density at radius 2 is 1.62 bits per heavy atom. The maximum atomic E-state index is 12.8. The van der Waals surface area contributed by atoms with Crippen molar-refractivity contribution in [1.29, 1.82) is 0 Å². The summed E-state index contributed by atoms with van der Waals surface area (Å²) >= 11 is 0. The number of hydrogen-bond donors (Lipinski definition) is 0. The molecule has 0 aliphatic rings. The second kappa shape index (κ2) is 5.34. The topological polar surface area (TPSA) is 52.0 Å². The van der Waals surface area contributed by atoms with Gasteiger partial charge >= 0.3 is 6.18 Å². The lowest BCUT2D eigenvalue weighted by atomic mass is 10.2. The molecule has 0 aliphatic heterocycles. The van der Waals surface area contributed by atoms with E-state index in [9.17, 15) is 21.6 Å². The van der Waals surface area contributed by atoms with Crippen molar-refractivity contribution in [2.75, 3.05) is 0 Å². The van der Waals surface area contributed by atoms with Crippen LogP contribution in [-0.4, -0.2) is 17.4 Å². The third kappa shape index (κ3) is 2.77. The molecule has 0 saturated heterocycles. The van der Waals surface area contributed by atoms with Gasteiger partial charge in [-0.25, -0.2) is 17.4 Å². The fourth-order valence-electron chi connectivity index (χ4n) is 2.56. The van der Waals surface area contributed by atoms with Gasteiger partial charge in [0.15, 0.2) is 0 Å². The van der Waals surface area contributed by atoms with Crippen molar-refractivity contribution in [3.05, 3.63) is 59.4 Å². The minimum atomic E-state index is -4.58. The highest BCUT2D eigenvalue weighted by atomic mass is 32.2. The van der Waals surface area contributed by atoms with Crippen molar-refractivity contribution in [2.45, 2.75) is 24.9 Å². The average Bonchev–Trinajstić information content (AvgIpc) is 2.88. The average molecular weight is 354 g/mol. The third-order valence-electron chi connectivity index (χ3n) is 3.55. The van der Waals surface area contributed by atoms with Gasteiger partial charge < -0.3 is 0 Å².